The van der Waals surface area contributed by atoms with E-state index in [0.29, 0.717) is 19.0 Å². The first kappa shape index (κ1) is 20.5. The van der Waals surface area contributed by atoms with E-state index in [1.165, 1.54) is 5.56 Å². The normalized spacial score (nSPS) is 15.2. The van der Waals surface area contributed by atoms with Crippen LogP contribution < -0.4 is 0 Å². The van der Waals surface area contributed by atoms with Crippen LogP contribution in [0.4, 0.5) is 0 Å². The van der Waals surface area contributed by atoms with Gasteiger partial charge < -0.3 is 10.0 Å². The van der Waals surface area contributed by atoms with Crippen molar-refractivity contribution in [2.45, 2.75) is 25.7 Å². The Morgan fingerprint density at radius 2 is 1.83 bits per heavy atom. The number of amides is 1. The highest BCUT2D eigenvalue weighted by atomic mass is 35.5. The molecule has 1 aromatic rings. The molecule has 1 aliphatic heterocycles. The summed E-state index contributed by atoms with van der Waals surface area (Å²) >= 11 is 0. The summed E-state index contributed by atoms with van der Waals surface area (Å²) in [6.07, 6.45) is 3.24. The molecular weight excluding hydrogens is 328 g/mol. The highest BCUT2D eigenvalue weighted by molar-refractivity contribution is 5.85. The highest BCUT2D eigenvalue weighted by Crippen LogP contribution is 2.21. The van der Waals surface area contributed by atoms with E-state index < -0.39 is 5.97 Å². The van der Waals surface area contributed by atoms with Crippen LogP contribution in [0.3, 0.4) is 0 Å². The lowest BCUT2D eigenvalue weighted by atomic mass is 9.90. The minimum Gasteiger partial charge on any atom is -0.481 e. The molecule has 0 aromatic heterocycles. The van der Waals surface area contributed by atoms with E-state index in [9.17, 15) is 9.59 Å². The molecule has 1 aliphatic rings. The molecule has 1 amide bonds. The number of likely N-dealkylation sites (tertiary alicyclic amines) is 1. The molecule has 0 bridgehead atoms. The molecule has 1 heterocycles. The highest BCUT2D eigenvalue weighted by Gasteiger charge is 2.23. The lowest BCUT2D eigenvalue weighted by Gasteiger charge is -2.33. The molecule has 1 saturated heterocycles. The van der Waals surface area contributed by atoms with Crippen molar-refractivity contribution in [3.05, 3.63) is 35.9 Å². The first-order valence-electron chi connectivity index (χ1n) is 8.26. The van der Waals surface area contributed by atoms with Gasteiger partial charge in [0.1, 0.15) is 0 Å². The van der Waals surface area contributed by atoms with Crippen molar-refractivity contribution in [1.82, 2.24) is 9.80 Å². The minimum absolute atomic E-state index is 0. The largest absolute Gasteiger partial charge is 0.481 e. The van der Waals surface area contributed by atoms with Gasteiger partial charge in [0.05, 0.1) is 13.0 Å². The first-order chi connectivity index (χ1) is 11.0. The van der Waals surface area contributed by atoms with Crippen LogP contribution in [0.1, 0.15) is 24.8 Å². The fourth-order valence-corrected chi connectivity index (χ4v) is 3.03. The molecule has 0 atom stereocenters. The van der Waals surface area contributed by atoms with Crippen LogP contribution in [0.2, 0.25) is 0 Å². The fraction of sp³-hybridized carbons (Fsp3) is 0.556. The average molecular weight is 355 g/mol. The molecule has 0 unspecified atom stereocenters. The van der Waals surface area contributed by atoms with Gasteiger partial charge in [0.2, 0.25) is 5.91 Å². The van der Waals surface area contributed by atoms with Gasteiger partial charge in [-0.05, 0) is 37.8 Å². The molecule has 6 heteroatoms. The Morgan fingerprint density at radius 1 is 1.21 bits per heavy atom. The van der Waals surface area contributed by atoms with Crippen LogP contribution in [0, 0.1) is 5.92 Å². The molecule has 1 N–H and O–H groups in total. The summed E-state index contributed by atoms with van der Waals surface area (Å²) in [7, 11) is 1.79. The SMILES string of the molecule is CN(CCC(=O)O)CC(=O)N1CCC(Cc2ccccc2)CC1.Cl. The summed E-state index contributed by atoms with van der Waals surface area (Å²) in [5.41, 5.74) is 1.37. The summed E-state index contributed by atoms with van der Waals surface area (Å²) in [4.78, 5) is 26.5. The molecule has 0 saturated carbocycles. The van der Waals surface area contributed by atoms with Gasteiger partial charge >= 0.3 is 5.97 Å². The number of hydrogen-bond donors (Lipinski definition) is 1. The van der Waals surface area contributed by atoms with Crippen molar-refractivity contribution < 1.29 is 14.7 Å². The number of likely N-dealkylation sites (N-methyl/N-ethyl adjacent to an activating group) is 1. The predicted molar refractivity (Wildman–Crippen MR) is 96.4 cm³/mol. The van der Waals surface area contributed by atoms with E-state index in [2.05, 4.69) is 24.3 Å². The van der Waals surface area contributed by atoms with Crippen LogP contribution in [-0.4, -0.2) is 60.0 Å². The third-order valence-corrected chi connectivity index (χ3v) is 4.45. The van der Waals surface area contributed by atoms with E-state index in [1.807, 2.05) is 11.0 Å². The number of rotatable bonds is 7. The first-order valence-corrected chi connectivity index (χ1v) is 8.26. The number of carbonyl (C=O) groups is 2. The predicted octanol–water partition coefficient (Wildman–Crippen LogP) is 2.30. The maximum atomic E-state index is 12.3. The van der Waals surface area contributed by atoms with Crippen LogP contribution in [-0.2, 0) is 16.0 Å². The zero-order valence-corrected chi connectivity index (χ0v) is 15.0. The van der Waals surface area contributed by atoms with Gasteiger partial charge in [0, 0.05) is 19.6 Å². The van der Waals surface area contributed by atoms with Crippen molar-refractivity contribution in [2.24, 2.45) is 5.92 Å². The molecule has 0 aliphatic carbocycles. The van der Waals surface area contributed by atoms with Gasteiger partial charge in [0.15, 0.2) is 0 Å². The number of halogens is 1. The number of hydrogen-bond acceptors (Lipinski definition) is 3. The second kappa shape index (κ2) is 10.3. The molecule has 24 heavy (non-hydrogen) atoms. The standard InChI is InChI=1S/C18H26N2O3.ClH/c1-19(10-9-18(22)23)14-17(21)20-11-7-16(8-12-20)13-15-5-3-2-4-6-15;/h2-6,16H,7-14H2,1H3,(H,22,23);1H. The Bertz CT molecular complexity index is 516. The lowest BCUT2D eigenvalue weighted by molar-refractivity contribution is -0.138. The number of carboxylic acids is 1. The van der Waals surface area contributed by atoms with Crippen LogP contribution in [0.5, 0.6) is 0 Å². The zero-order valence-electron chi connectivity index (χ0n) is 14.2. The van der Waals surface area contributed by atoms with Gasteiger partial charge in [0.25, 0.3) is 0 Å². The molecule has 5 nitrogen and oxygen atoms in total. The van der Waals surface area contributed by atoms with E-state index >= 15 is 0 Å². The number of nitrogens with zero attached hydrogens (tertiary/aromatic N) is 2. The quantitative estimate of drug-likeness (QED) is 0.816. The second-order valence-corrected chi connectivity index (χ2v) is 6.40. The Balaban J connectivity index is 0.00000288. The van der Waals surface area contributed by atoms with Crippen LogP contribution >= 0.6 is 12.4 Å². The molecule has 0 radical (unpaired) electrons. The molecule has 1 fully saturated rings. The third kappa shape index (κ3) is 6.89. The lowest BCUT2D eigenvalue weighted by Crippen LogP contribution is -2.43. The number of aliphatic carboxylic acids is 1. The monoisotopic (exact) mass is 354 g/mol. The van der Waals surface area contributed by atoms with E-state index in [4.69, 9.17) is 5.11 Å². The van der Waals surface area contributed by atoms with Crippen LogP contribution in [0.15, 0.2) is 30.3 Å². The van der Waals surface area contributed by atoms with Crippen molar-refractivity contribution in [3.63, 3.8) is 0 Å². The fourth-order valence-electron chi connectivity index (χ4n) is 3.03. The van der Waals surface area contributed by atoms with E-state index in [-0.39, 0.29) is 24.7 Å². The van der Waals surface area contributed by atoms with Crippen molar-refractivity contribution in [3.8, 4) is 0 Å². The molecule has 134 valence electrons. The minimum atomic E-state index is -0.828. The summed E-state index contributed by atoms with van der Waals surface area (Å²) in [6, 6.07) is 10.5. The molecule has 0 spiro atoms. The smallest absolute Gasteiger partial charge is 0.304 e. The Kier molecular flexibility index (Phi) is 8.79. The summed E-state index contributed by atoms with van der Waals surface area (Å²) in [5.74, 6) is -0.0757. The number of piperidine rings is 1. The van der Waals surface area contributed by atoms with Gasteiger partial charge in [-0.1, -0.05) is 30.3 Å². The van der Waals surface area contributed by atoms with Gasteiger partial charge in [-0.25, -0.2) is 0 Å². The molecular formula is C18H27ClN2O3. The summed E-state index contributed by atoms with van der Waals surface area (Å²) in [5, 5.41) is 8.67. The van der Waals surface area contributed by atoms with Crippen LogP contribution in [0.25, 0.3) is 0 Å². The number of carbonyl (C=O) groups excluding carboxylic acids is 1. The van der Waals surface area contributed by atoms with E-state index in [1.54, 1.807) is 11.9 Å². The number of carboxylic acid groups (broad SMARTS) is 1. The summed E-state index contributed by atoms with van der Waals surface area (Å²) in [6.45, 7) is 2.33. The zero-order chi connectivity index (χ0) is 16.7. The van der Waals surface area contributed by atoms with Crippen molar-refractivity contribution in [1.29, 1.82) is 0 Å². The van der Waals surface area contributed by atoms with Crippen molar-refractivity contribution >= 4 is 24.3 Å². The van der Waals surface area contributed by atoms with E-state index in [0.717, 1.165) is 32.4 Å². The summed E-state index contributed by atoms with van der Waals surface area (Å²) < 4.78 is 0. The Hall–Kier alpha value is -1.59. The second-order valence-electron chi connectivity index (χ2n) is 6.40. The van der Waals surface area contributed by atoms with Gasteiger partial charge in [-0.2, -0.15) is 0 Å². The Morgan fingerprint density at radius 3 is 2.42 bits per heavy atom. The van der Waals surface area contributed by atoms with Crippen molar-refractivity contribution in [2.75, 3.05) is 33.2 Å². The Labute approximate surface area is 150 Å². The maximum absolute atomic E-state index is 12.3. The maximum Gasteiger partial charge on any atom is 0.304 e. The molecule has 1 aromatic carbocycles. The number of benzene rings is 1. The molecule has 2 rings (SSSR count). The third-order valence-electron chi connectivity index (χ3n) is 4.45. The average Bonchev–Trinajstić information content (AvgIpc) is 2.54. The topological polar surface area (TPSA) is 60.9 Å². The van der Waals surface area contributed by atoms with Gasteiger partial charge in [-0.15, -0.1) is 12.4 Å². The van der Waals surface area contributed by atoms with Gasteiger partial charge in [-0.3, -0.25) is 14.5 Å².